The Morgan fingerprint density at radius 2 is 2.21 bits per heavy atom. The lowest BCUT2D eigenvalue weighted by molar-refractivity contribution is -0.149. The summed E-state index contributed by atoms with van der Waals surface area (Å²) in [5.74, 6) is 0.592. The third-order valence-corrected chi connectivity index (χ3v) is 5.46. The van der Waals surface area contributed by atoms with Gasteiger partial charge in [0, 0.05) is 30.7 Å². The van der Waals surface area contributed by atoms with Crippen LogP contribution in [0.15, 0.2) is 17.5 Å². The van der Waals surface area contributed by atoms with Gasteiger partial charge in [-0.25, -0.2) is 0 Å². The smallest absolute Gasteiger partial charge is 0.0729 e. The third kappa shape index (κ3) is 3.19. The average molecular weight is 281 g/mol. The maximum absolute atomic E-state index is 6.45. The zero-order chi connectivity index (χ0) is 13.1. The summed E-state index contributed by atoms with van der Waals surface area (Å²) in [5.41, 5.74) is 6.51. The molecule has 2 aliphatic heterocycles. The summed E-state index contributed by atoms with van der Waals surface area (Å²) in [6, 6.07) is 4.56. The lowest BCUT2D eigenvalue weighted by Crippen LogP contribution is -2.48. The van der Waals surface area contributed by atoms with Crippen molar-refractivity contribution < 1.29 is 9.47 Å². The summed E-state index contributed by atoms with van der Waals surface area (Å²) in [5, 5.41) is 2.13. The summed E-state index contributed by atoms with van der Waals surface area (Å²) in [7, 11) is 0. The van der Waals surface area contributed by atoms with Crippen LogP contribution >= 0.6 is 11.3 Å². The molecule has 106 valence electrons. The molecule has 0 aromatic carbocycles. The molecule has 0 amide bonds. The minimum atomic E-state index is 0.0637. The van der Waals surface area contributed by atoms with Crippen LogP contribution in [0, 0.1) is 5.92 Å². The average Bonchev–Trinajstić information content (AvgIpc) is 2.92. The summed E-state index contributed by atoms with van der Waals surface area (Å²) in [6.07, 6.45) is 5.30. The summed E-state index contributed by atoms with van der Waals surface area (Å²) in [6.45, 7) is 2.54. The highest BCUT2D eigenvalue weighted by Crippen LogP contribution is 2.38. The Kier molecular flexibility index (Phi) is 4.22. The zero-order valence-corrected chi connectivity index (χ0v) is 12.2. The van der Waals surface area contributed by atoms with E-state index in [9.17, 15) is 0 Å². The largest absolute Gasteiger partial charge is 0.381 e. The molecule has 3 heterocycles. The molecule has 2 N–H and O–H groups in total. The molecule has 1 spiro atoms. The Bertz CT molecular complexity index is 381. The Balaban J connectivity index is 1.61. The van der Waals surface area contributed by atoms with E-state index in [0.717, 1.165) is 51.9 Å². The second kappa shape index (κ2) is 5.92. The molecule has 4 heteroatoms. The predicted molar refractivity (Wildman–Crippen MR) is 77.5 cm³/mol. The number of rotatable bonds is 3. The third-order valence-electron chi connectivity index (χ3n) is 4.56. The Morgan fingerprint density at radius 1 is 1.37 bits per heavy atom. The number of ether oxygens (including phenoxy) is 2. The highest BCUT2D eigenvalue weighted by atomic mass is 32.1. The summed E-state index contributed by atoms with van der Waals surface area (Å²) < 4.78 is 11.6. The molecule has 0 saturated carbocycles. The Morgan fingerprint density at radius 3 is 2.95 bits per heavy atom. The van der Waals surface area contributed by atoms with E-state index in [1.165, 1.54) is 4.88 Å². The van der Waals surface area contributed by atoms with Gasteiger partial charge in [-0.15, -0.1) is 11.3 Å². The van der Waals surface area contributed by atoms with E-state index in [-0.39, 0.29) is 11.6 Å². The standard InChI is InChI=1S/C15H23NO2S/c16-14(10-13-2-1-9-19-13)12-3-6-18-15(11-12)4-7-17-8-5-15/h1-2,9,12,14H,3-8,10-11,16H2. The van der Waals surface area contributed by atoms with Gasteiger partial charge in [0.25, 0.3) is 0 Å². The molecule has 19 heavy (non-hydrogen) atoms. The topological polar surface area (TPSA) is 44.5 Å². The maximum Gasteiger partial charge on any atom is 0.0729 e. The number of hydrogen-bond donors (Lipinski definition) is 1. The van der Waals surface area contributed by atoms with Gasteiger partial charge in [0.05, 0.1) is 5.60 Å². The molecule has 2 atom stereocenters. The van der Waals surface area contributed by atoms with Gasteiger partial charge in [-0.2, -0.15) is 0 Å². The van der Waals surface area contributed by atoms with E-state index < -0.39 is 0 Å². The highest BCUT2D eigenvalue weighted by molar-refractivity contribution is 7.09. The molecule has 0 aliphatic carbocycles. The van der Waals surface area contributed by atoms with Crippen molar-refractivity contribution in [2.45, 2.75) is 43.7 Å². The first kappa shape index (κ1) is 13.6. The van der Waals surface area contributed by atoms with Gasteiger partial charge >= 0.3 is 0 Å². The van der Waals surface area contributed by atoms with Crippen molar-refractivity contribution in [3.63, 3.8) is 0 Å². The molecule has 2 saturated heterocycles. The zero-order valence-electron chi connectivity index (χ0n) is 11.3. The van der Waals surface area contributed by atoms with Gasteiger partial charge in [-0.05, 0) is 49.5 Å². The predicted octanol–water partition coefficient (Wildman–Crippen LogP) is 2.59. The van der Waals surface area contributed by atoms with Crippen molar-refractivity contribution in [2.24, 2.45) is 11.7 Å². The molecule has 3 rings (SSSR count). The first-order valence-electron chi connectivity index (χ1n) is 7.27. The van der Waals surface area contributed by atoms with Gasteiger partial charge < -0.3 is 15.2 Å². The molecule has 0 bridgehead atoms. The van der Waals surface area contributed by atoms with Crippen LogP contribution in [-0.2, 0) is 15.9 Å². The van der Waals surface area contributed by atoms with E-state index in [1.54, 1.807) is 0 Å². The van der Waals surface area contributed by atoms with Crippen molar-refractivity contribution in [3.8, 4) is 0 Å². The number of thiophene rings is 1. The fourth-order valence-electron chi connectivity index (χ4n) is 3.35. The molecule has 2 unspecified atom stereocenters. The van der Waals surface area contributed by atoms with Crippen LogP contribution in [0.5, 0.6) is 0 Å². The van der Waals surface area contributed by atoms with Gasteiger partial charge in [-0.3, -0.25) is 0 Å². The van der Waals surface area contributed by atoms with E-state index in [0.29, 0.717) is 5.92 Å². The molecular formula is C15H23NO2S. The summed E-state index contributed by atoms with van der Waals surface area (Å²) >= 11 is 1.81. The normalized spacial score (nSPS) is 28.4. The molecular weight excluding hydrogens is 258 g/mol. The van der Waals surface area contributed by atoms with Crippen LogP contribution in [0.2, 0.25) is 0 Å². The van der Waals surface area contributed by atoms with Crippen molar-refractivity contribution in [2.75, 3.05) is 19.8 Å². The van der Waals surface area contributed by atoms with Crippen LogP contribution in [-0.4, -0.2) is 31.5 Å². The van der Waals surface area contributed by atoms with Crippen molar-refractivity contribution >= 4 is 11.3 Å². The highest BCUT2D eigenvalue weighted by Gasteiger charge is 2.40. The fraction of sp³-hybridized carbons (Fsp3) is 0.733. The van der Waals surface area contributed by atoms with E-state index in [1.807, 2.05) is 11.3 Å². The SMILES string of the molecule is NC(Cc1cccs1)C1CCOC2(CCOCC2)C1. The second-order valence-corrected chi connectivity index (χ2v) is 6.88. The van der Waals surface area contributed by atoms with Crippen molar-refractivity contribution in [1.29, 1.82) is 0 Å². The van der Waals surface area contributed by atoms with Crippen LogP contribution in [0.1, 0.15) is 30.6 Å². The molecule has 2 fully saturated rings. The molecule has 0 radical (unpaired) electrons. The van der Waals surface area contributed by atoms with E-state index in [4.69, 9.17) is 15.2 Å². The van der Waals surface area contributed by atoms with Crippen molar-refractivity contribution in [3.05, 3.63) is 22.4 Å². The van der Waals surface area contributed by atoms with Gasteiger partial charge in [0.1, 0.15) is 0 Å². The second-order valence-electron chi connectivity index (χ2n) is 5.84. The minimum absolute atomic E-state index is 0.0637. The number of hydrogen-bond acceptors (Lipinski definition) is 4. The number of nitrogens with two attached hydrogens (primary N) is 1. The maximum atomic E-state index is 6.45. The summed E-state index contributed by atoms with van der Waals surface area (Å²) in [4.78, 5) is 1.40. The van der Waals surface area contributed by atoms with E-state index in [2.05, 4.69) is 17.5 Å². The van der Waals surface area contributed by atoms with Crippen molar-refractivity contribution in [1.82, 2.24) is 0 Å². The van der Waals surface area contributed by atoms with E-state index >= 15 is 0 Å². The lowest BCUT2D eigenvalue weighted by Gasteiger charge is -2.44. The van der Waals surface area contributed by atoms with Crippen LogP contribution in [0.4, 0.5) is 0 Å². The Labute approximate surface area is 119 Å². The van der Waals surface area contributed by atoms with Gasteiger partial charge in [0.15, 0.2) is 0 Å². The quantitative estimate of drug-likeness (QED) is 0.926. The monoisotopic (exact) mass is 281 g/mol. The fourth-order valence-corrected chi connectivity index (χ4v) is 4.13. The molecule has 3 nitrogen and oxygen atoms in total. The molecule has 1 aromatic rings. The lowest BCUT2D eigenvalue weighted by atomic mass is 9.77. The van der Waals surface area contributed by atoms with Gasteiger partial charge in [0.2, 0.25) is 0 Å². The minimum Gasteiger partial charge on any atom is -0.381 e. The molecule has 2 aliphatic rings. The van der Waals surface area contributed by atoms with Gasteiger partial charge in [-0.1, -0.05) is 6.07 Å². The Hall–Kier alpha value is -0.420. The van der Waals surface area contributed by atoms with Crippen LogP contribution in [0.3, 0.4) is 0 Å². The first-order chi connectivity index (χ1) is 9.27. The first-order valence-corrected chi connectivity index (χ1v) is 8.15. The van der Waals surface area contributed by atoms with Crippen LogP contribution < -0.4 is 5.73 Å². The van der Waals surface area contributed by atoms with Crippen LogP contribution in [0.25, 0.3) is 0 Å². The molecule has 1 aromatic heterocycles.